The maximum absolute atomic E-state index is 12.2. The normalized spacial score (nSPS) is 12.3. The number of alkyl halides is 1. The molecule has 0 aliphatic heterocycles. The number of rotatable bonds is 5. The highest BCUT2D eigenvalue weighted by Crippen LogP contribution is 2.25. The first-order valence-corrected chi connectivity index (χ1v) is 7.36. The molecule has 0 radical (unpaired) electrons. The van der Waals surface area contributed by atoms with Gasteiger partial charge in [0.05, 0.1) is 11.2 Å². The van der Waals surface area contributed by atoms with Crippen LogP contribution in [0.25, 0.3) is 22.2 Å². The standard InChI is InChI=1S/C18H17FN2O2/c1-12-6-7-20-10-16(12)18-4-2-13-8-15(3-5-17(13)21-18)23-11-14(22)9-19/h2-8,10,14,22H,9,11H2,1H3/t14-/m1/s1. The summed E-state index contributed by atoms with van der Waals surface area (Å²) in [5, 5.41) is 10.1. The fourth-order valence-corrected chi connectivity index (χ4v) is 2.31. The van der Waals surface area contributed by atoms with Crippen LogP contribution in [0.3, 0.4) is 0 Å². The van der Waals surface area contributed by atoms with Gasteiger partial charge < -0.3 is 9.84 Å². The molecule has 1 N–H and O–H groups in total. The average Bonchev–Trinajstić information content (AvgIpc) is 2.59. The second kappa shape index (κ2) is 6.71. The van der Waals surface area contributed by atoms with Gasteiger partial charge >= 0.3 is 0 Å². The fraction of sp³-hybridized carbons (Fsp3) is 0.222. The molecule has 118 valence electrons. The van der Waals surface area contributed by atoms with Crippen LogP contribution in [0.2, 0.25) is 0 Å². The molecule has 0 fully saturated rings. The van der Waals surface area contributed by atoms with Crippen molar-refractivity contribution in [3.8, 4) is 17.0 Å². The lowest BCUT2D eigenvalue weighted by Crippen LogP contribution is -2.19. The summed E-state index contributed by atoms with van der Waals surface area (Å²) >= 11 is 0. The van der Waals surface area contributed by atoms with Crippen molar-refractivity contribution in [1.82, 2.24) is 9.97 Å². The third-order valence-electron chi connectivity index (χ3n) is 3.60. The zero-order chi connectivity index (χ0) is 16.2. The zero-order valence-corrected chi connectivity index (χ0v) is 12.7. The lowest BCUT2D eigenvalue weighted by molar-refractivity contribution is 0.0842. The minimum atomic E-state index is -1.10. The van der Waals surface area contributed by atoms with Crippen molar-refractivity contribution in [1.29, 1.82) is 0 Å². The van der Waals surface area contributed by atoms with Gasteiger partial charge in [0.25, 0.3) is 0 Å². The van der Waals surface area contributed by atoms with E-state index in [2.05, 4.69) is 9.97 Å². The average molecular weight is 312 g/mol. The van der Waals surface area contributed by atoms with Gasteiger partial charge in [0.15, 0.2) is 0 Å². The van der Waals surface area contributed by atoms with Crippen molar-refractivity contribution >= 4 is 10.9 Å². The van der Waals surface area contributed by atoms with E-state index in [0.717, 1.165) is 27.7 Å². The van der Waals surface area contributed by atoms with Crippen molar-refractivity contribution in [3.63, 3.8) is 0 Å². The number of aliphatic hydroxyl groups excluding tert-OH is 1. The van der Waals surface area contributed by atoms with Gasteiger partial charge in [-0.25, -0.2) is 9.37 Å². The van der Waals surface area contributed by atoms with Gasteiger partial charge in [-0.05, 0) is 42.8 Å². The van der Waals surface area contributed by atoms with Crippen molar-refractivity contribution in [3.05, 3.63) is 54.4 Å². The fourth-order valence-electron chi connectivity index (χ4n) is 2.31. The number of aromatic nitrogens is 2. The van der Waals surface area contributed by atoms with E-state index in [9.17, 15) is 9.50 Å². The number of aryl methyl sites for hydroxylation is 1. The molecule has 2 aromatic heterocycles. The van der Waals surface area contributed by atoms with Gasteiger partial charge in [0.1, 0.15) is 25.1 Å². The minimum absolute atomic E-state index is 0.0671. The Balaban J connectivity index is 1.89. The second-order valence-electron chi connectivity index (χ2n) is 5.36. The first kappa shape index (κ1) is 15.4. The number of pyridine rings is 2. The zero-order valence-electron chi connectivity index (χ0n) is 12.7. The number of aliphatic hydroxyl groups is 1. The monoisotopic (exact) mass is 312 g/mol. The van der Waals surface area contributed by atoms with Gasteiger partial charge in [-0.15, -0.1) is 0 Å². The number of benzene rings is 1. The Bertz CT molecular complexity index is 823. The molecule has 4 nitrogen and oxygen atoms in total. The number of nitrogens with zero attached hydrogens (tertiary/aromatic N) is 2. The van der Waals surface area contributed by atoms with Crippen LogP contribution in [0, 0.1) is 6.92 Å². The summed E-state index contributed by atoms with van der Waals surface area (Å²) in [6.07, 6.45) is 2.47. The van der Waals surface area contributed by atoms with E-state index >= 15 is 0 Å². The van der Waals surface area contributed by atoms with Gasteiger partial charge in [-0.1, -0.05) is 6.07 Å². The van der Waals surface area contributed by atoms with Gasteiger partial charge in [-0.2, -0.15) is 0 Å². The Morgan fingerprint density at radius 3 is 2.87 bits per heavy atom. The van der Waals surface area contributed by atoms with Crippen molar-refractivity contribution < 1.29 is 14.2 Å². The minimum Gasteiger partial charge on any atom is -0.491 e. The van der Waals surface area contributed by atoms with Crippen LogP contribution in [-0.4, -0.2) is 34.5 Å². The van der Waals surface area contributed by atoms with Gasteiger partial charge in [0, 0.05) is 23.3 Å². The number of hydrogen-bond donors (Lipinski definition) is 1. The first-order valence-electron chi connectivity index (χ1n) is 7.36. The maximum Gasteiger partial charge on any atom is 0.120 e. The summed E-state index contributed by atoms with van der Waals surface area (Å²) in [5.41, 5.74) is 3.82. The van der Waals surface area contributed by atoms with E-state index in [0.29, 0.717) is 5.75 Å². The molecule has 0 spiro atoms. The smallest absolute Gasteiger partial charge is 0.120 e. The van der Waals surface area contributed by atoms with Crippen LogP contribution in [0.4, 0.5) is 4.39 Å². The lowest BCUT2D eigenvalue weighted by Gasteiger charge is -2.10. The molecule has 2 heterocycles. The van der Waals surface area contributed by atoms with E-state index < -0.39 is 12.8 Å². The molecule has 0 unspecified atom stereocenters. The van der Waals surface area contributed by atoms with Crippen molar-refractivity contribution in [2.24, 2.45) is 0 Å². The summed E-state index contributed by atoms with van der Waals surface area (Å²) in [5.74, 6) is 0.581. The predicted octanol–water partition coefficient (Wildman–Crippen LogP) is 3.31. The number of fused-ring (bicyclic) bond motifs is 1. The summed E-state index contributed by atoms with van der Waals surface area (Å²) in [6.45, 7) is 1.14. The second-order valence-corrected chi connectivity index (χ2v) is 5.36. The molecule has 23 heavy (non-hydrogen) atoms. The van der Waals surface area contributed by atoms with E-state index in [1.54, 1.807) is 18.5 Å². The maximum atomic E-state index is 12.2. The summed E-state index contributed by atoms with van der Waals surface area (Å²) in [7, 11) is 0. The molecule has 0 aliphatic carbocycles. The van der Waals surface area contributed by atoms with Crippen LogP contribution >= 0.6 is 0 Å². The molecule has 1 aromatic carbocycles. The Hall–Kier alpha value is -2.53. The first-order chi connectivity index (χ1) is 11.2. The number of ether oxygens (including phenoxy) is 1. The molecule has 0 amide bonds. The van der Waals surface area contributed by atoms with Gasteiger partial charge in [0.2, 0.25) is 0 Å². The van der Waals surface area contributed by atoms with Gasteiger partial charge in [-0.3, -0.25) is 4.98 Å². The molecule has 0 saturated heterocycles. The Kier molecular flexibility index (Phi) is 4.48. The predicted molar refractivity (Wildman–Crippen MR) is 87.2 cm³/mol. The van der Waals surface area contributed by atoms with E-state index in [4.69, 9.17) is 4.74 Å². The summed E-state index contributed by atoms with van der Waals surface area (Å²) in [6, 6.07) is 11.3. The van der Waals surface area contributed by atoms with Crippen LogP contribution in [0.5, 0.6) is 5.75 Å². The Morgan fingerprint density at radius 1 is 1.22 bits per heavy atom. The number of halogens is 1. The lowest BCUT2D eigenvalue weighted by atomic mass is 10.1. The molecule has 3 aromatic rings. The van der Waals surface area contributed by atoms with Crippen LogP contribution < -0.4 is 4.74 Å². The summed E-state index contributed by atoms with van der Waals surface area (Å²) in [4.78, 5) is 8.80. The molecule has 0 bridgehead atoms. The molecular weight excluding hydrogens is 295 g/mol. The highest BCUT2D eigenvalue weighted by Gasteiger charge is 2.07. The van der Waals surface area contributed by atoms with Crippen molar-refractivity contribution in [2.45, 2.75) is 13.0 Å². The molecule has 5 heteroatoms. The van der Waals surface area contributed by atoms with Crippen LogP contribution in [0.15, 0.2) is 48.8 Å². The number of hydrogen-bond acceptors (Lipinski definition) is 4. The van der Waals surface area contributed by atoms with E-state index in [1.165, 1.54) is 0 Å². The van der Waals surface area contributed by atoms with Crippen molar-refractivity contribution in [2.75, 3.05) is 13.3 Å². The SMILES string of the molecule is Cc1ccncc1-c1ccc2cc(OC[C@H](O)CF)ccc2n1. The molecule has 0 saturated carbocycles. The molecule has 0 aliphatic rings. The third kappa shape index (κ3) is 3.46. The highest BCUT2D eigenvalue weighted by molar-refractivity contribution is 5.83. The topological polar surface area (TPSA) is 55.2 Å². The van der Waals surface area contributed by atoms with E-state index in [1.807, 2.05) is 37.3 Å². The quantitative estimate of drug-likeness (QED) is 0.785. The Morgan fingerprint density at radius 2 is 2.09 bits per heavy atom. The molecule has 1 atom stereocenters. The largest absolute Gasteiger partial charge is 0.491 e. The van der Waals surface area contributed by atoms with Crippen LogP contribution in [0.1, 0.15) is 5.56 Å². The van der Waals surface area contributed by atoms with E-state index in [-0.39, 0.29) is 6.61 Å². The van der Waals surface area contributed by atoms with Crippen LogP contribution in [-0.2, 0) is 0 Å². The highest BCUT2D eigenvalue weighted by atomic mass is 19.1. The molecule has 3 rings (SSSR count). The summed E-state index contributed by atoms with van der Waals surface area (Å²) < 4.78 is 17.6. The Labute approximate surface area is 133 Å². The third-order valence-corrected chi connectivity index (χ3v) is 3.60. The molecular formula is C18H17FN2O2.